The maximum absolute atomic E-state index is 15.2. The standard InChI is InChI=1S/C31H29FN4O5S/c1-2-34-18-24(30(39)40)28(37)23-16-25(32)27(17-26(23)34)35-11-13-36(14-12-35)31(42)33-29(38)21-9-6-10-22(15-21)41-19-20-7-4-3-5-8-20/h3-10,15-18H,2,11-14,19H2,1H3,(H,39,40)(H,33,38,42). The molecule has 0 radical (unpaired) electrons. The van der Waals surface area contributed by atoms with Gasteiger partial charge in [-0.25, -0.2) is 9.18 Å². The molecule has 1 amide bonds. The number of hydrogen-bond acceptors (Lipinski definition) is 6. The molecule has 216 valence electrons. The molecule has 1 fully saturated rings. The van der Waals surface area contributed by atoms with Crippen molar-refractivity contribution in [2.24, 2.45) is 0 Å². The van der Waals surface area contributed by atoms with E-state index in [4.69, 9.17) is 17.0 Å². The average Bonchev–Trinajstić information content (AvgIpc) is 3.00. The second-order valence-corrected chi connectivity index (χ2v) is 10.2. The van der Waals surface area contributed by atoms with Gasteiger partial charge in [-0.1, -0.05) is 36.4 Å². The second-order valence-electron chi connectivity index (χ2n) is 9.82. The van der Waals surface area contributed by atoms with Gasteiger partial charge in [0.15, 0.2) is 5.11 Å². The number of aromatic carboxylic acids is 1. The van der Waals surface area contributed by atoms with Gasteiger partial charge >= 0.3 is 5.97 Å². The van der Waals surface area contributed by atoms with Crippen LogP contribution in [0.4, 0.5) is 10.1 Å². The Kier molecular flexibility index (Phi) is 8.48. The number of amides is 1. The molecule has 1 aromatic heterocycles. The van der Waals surface area contributed by atoms with Crippen LogP contribution in [0.25, 0.3) is 10.9 Å². The van der Waals surface area contributed by atoms with Gasteiger partial charge in [-0.3, -0.25) is 14.9 Å². The van der Waals surface area contributed by atoms with Crippen LogP contribution in [0, 0.1) is 5.82 Å². The highest BCUT2D eigenvalue weighted by atomic mass is 32.1. The van der Waals surface area contributed by atoms with Crippen LogP contribution in [0.15, 0.2) is 77.7 Å². The molecule has 2 N–H and O–H groups in total. The quantitative estimate of drug-likeness (QED) is 0.309. The number of carbonyl (C=O) groups is 2. The smallest absolute Gasteiger partial charge is 0.341 e. The van der Waals surface area contributed by atoms with Gasteiger partial charge < -0.3 is 24.2 Å². The Balaban J connectivity index is 1.22. The first kappa shape index (κ1) is 28.7. The van der Waals surface area contributed by atoms with E-state index in [-0.39, 0.29) is 16.4 Å². The SMILES string of the molecule is CCn1cc(C(=O)O)c(=O)c2cc(F)c(N3CCN(C(=S)NC(=O)c4cccc(OCc5ccccc5)c4)CC3)cc21. The van der Waals surface area contributed by atoms with Gasteiger partial charge in [0, 0.05) is 49.9 Å². The number of aryl methyl sites for hydroxylation is 1. The molecule has 0 aliphatic carbocycles. The minimum absolute atomic E-state index is 0.0232. The number of pyridine rings is 1. The van der Waals surface area contributed by atoms with Gasteiger partial charge in [-0.05, 0) is 55.0 Å². The molecule has 0 spiro atoms. The third kappa shape index (κ3) is 6.10. The number of fused-ring (bicyclic) bond motifs is 1. The minimum Gasteiger partial charge on any atom is -0.489 e. The normalized spacial score (nSPS) is 13.2. The van der Waals surface area contributed by atoms with Crippen LogP contribution in [0.1, 0.15) is 33.2 Å². The summed E-state index contributed by atoms with van der Waals surface area (Å²) in [6.45, 7) is 4.33. The first-order chi connectivity index (χ1) is 20.2. The summed E-state index contributed by atoms with van der Waals surface area (Å²) in [6.07, 6.45) is 1.29. The van der Waals surface area contributed by atoms with Crippen LogP contribution in [-0.2, 0) is 13.2 Å². The second kappa shape index (κ2) is 12.4. The summed E-state index contributed by atoms with van der Waals surface area (Å²) >= 11 is 5.51. The molecule has 0 saturated carbocycles. The lowest BCUT2D eigenvalue weighted by Gasteiger charge is -2.37. The molecule has 4 aromatic rings. The van der Waals surface area contributed by atoms with Crippen LogP contribution < -0.4 is 20.4 Å². The van der Waals surface area contributed by atoms with Crippen molar-refractivity contribution in [3.8, 4) is 5.75 Å². The predicted octanol–water partition coefficient (Wildman–Crippen LogP) is 4.27. The number of halogens is 1. The summed E-state index contributed by atoms with van der Waals surface area (Å²) < 4.78 is 22.7. The third-order valence-electron chi connectivity index (χ3n) is 7.19. The maximum atomic E-state index is 15.2. The molecule has 3 aromatic carbocycles. The molecular formula is C31H29FN4O5S. The molecule has 0 bridgehead atoms. The Bertz CT molecular complexity index is 1720. The molecule has 0 unspecified atom stereocenters. The molecule has 5 rings (SSSR count). The minimum atomic E-state index is -1.35. The van der Waals surface area contributed by atoms with Crippen molar-refractivity contribution in [3.63, 3.8) is 0 Å². The molecule has 1 aliphatic heterocycles. The molecule has 2 heterocycles. The van der Waals surface area contributed by atoms with E-state index in [1.165, 1.54) is 6.20 Å². The number of benzene rings is 3. The van der Waals surface area contributed by atoms with Crippen LogP contribution in [0.3, 0.4) is 0 Å². The Morgan fingerprint density at radius 2 is 1.76 bits per heavy atom. The van der Waals surface area contributed by atoms with E-state index in [1.54, 1.807) is 34.9 Å². The Labute approximate surface area is 246 Å². The Hall–Kier alpha value is -4.77. The maximum Gasteiger partial charge on any atom is 0.341 e. The van der Waals surface area contributed by atoms with E-state index in [2.05, 4.69) is 5.32 Å². The highest BCUT2D eigenvalue weighted by molar-refractivity contribution is 7.80. The zero-order valence-corrected chi connectivity index (χ0v) is 23.7. The van der Waals surface area contributed by atoms with Gasteiger partial charge in [-0.15, -0.1) is 0 Å². The van der Waals surface area contributed by atoms with Crippen molar-refractivity contribution < 1.29 is 23.8 Å². The van der Waals surface area contributed by atoms with Gasteiger partial charge in [0.25, 0.3) is 5.91 Å². The van der Waals surface area contributed by atoms with Crippen molar-refractivity contribution in [1.82, 2.24) is 14.8 Å². The number of hydrogen-bond donors (Lipinski definition) is 2. The van der Waals surface area contributed by atoms with Crippen LogP contribution in [0.2, 0.25) is 0 Å². The molecule has 0 atom stereocenters. The number of nitrogens with zero attached hydrogens (tertiary/aromatic N) is 3. The number of anilines is 1. The fraction of sp³-hybridized carbons (Fsp3) is 0.226. The van der Waals surface area contributed by atoms with Gasteiger partial charge in [-0.2, -0.15) is 0 Å². The average molecular weight is 589 g/mol. The summed E-state index contributed by atoms with van der Waals surface area (Å²) in [6, 6.07) is 19.3. The number of piperazine rings is 1. The number of carboxylic acid groups (broad SMARTS) is 1. The number of carbonyl (C=O) groups excluding carboxylic acids is 1. The van der Waals surface area contributed by atoms with Crippen molar-refractivity contribution in [2.45, 2.75) is 20.1 Å². The van der Waals surface area contributed by atoms with Gasteiger partial charge in [0.1, 0.15) is 23.7 Å². The van der Waals surface area contributed by atoms with Crippen LogP contribution >= 0.6 is 12.2 Å². The third-order valence-corrected chi connectivity index (χ3v) is 7.55. The summed E-state index contributed by atoms with van der Waals surface area (Å²) in [5.74, 6) is -1.75. The van der Waals surface area contributed by atoms with E-state index in [1.807, 2.05) is 47.1 Å². The first-order valence-electron chi connectivity index (χ1n) is 13.5. The summed E-state index contributed by atoms with van der Waals surface area (Å²) in [5, 5.41) is 12.4. The summed E-state index contributed by atoms with van der Waals surface area (Å²) in [4.78, 5) is 40.8. The number of ether oxygens (including phenoxy) is 1. The first-order valence-corrected chi connectivity index (χ1v) is 13.9. The van der Waals surface area contributed by atoms with Gasteiger partial charge in [0.05, 0.1) is 11.2 Å². The zero-order valence-electron chi connectivity index (χ0n) is 22.9. The van der Waals surface area contributed by atoms with E-state index < -0.39 is 22.8 Å². The number of carboxylic acids is 1. The summed E-state index contributed by atoms with van der Waals surface area (Å²) in [7, 11) is 0. The monoisotopic (exact) mass is 588 g/mol. The Morgan fingerprint density at radius 1 is 1.02 bits per heavy atom. The van der Waals surface area contributed by atoms with Crippen LogP contribution in [-0.4, -0.2) is 57.7 Å². The predicted molar refractivity (Wildman–Crippen MR) is 162 cm³/mol. The van der Waals surface area contributed by atoms with Crippen molar-refractivity contribution in [2.75, 3.05) is 31.1 Å². The number of aromatic nitrogens is 1. The lowest BCUT2D eigenvalue weighted by atomic mass is 10.1. The molecule has 1 aliphatic rings. The number of nitrogens with one attached hydrogen (secondary N) is 1. The molecule has 1 saturated heterocycles. The summed E-state index contributed by atoms with van der Waals surface area (Å²) in [5.41, 5.74) is 1.09. The van der Waals surface area contributed by atoms with E-state index >= 15 is 4.39 Å². The topological polar surface area (TPSA) is 104 Å². The largest absolute Gasteiger partial charge is 0.489 e. The zero-order chi connectivity index (χ0) is 29.8. The van der Waals surface area contributed by atoms with E-state index in [0.29, 0.717) is 61.8 Å². The molecule has 42 heavy (non-hydrogen) atoms. The lowest BCUT2D eigenvalue weighted by molar-refractivity contribution is 0.0694. The fourth-order valence-corrected chi connectivity index (χ4v) is 5.20. The fourth-order valence-electron chi connectivity index (χ4n) is 4.92. The van der Waals surface area contributed by atoms with Crippen molar-refractivity contribution in [1.29, 1.82) is 0 Å². The molecular weight excluding hydrogens is 559 g/mol. The van der Waals surface area contributed by atoms with Gasteiger partial charge in [0.2, 0.25) is 5.43 Å². The highest BCUT2D eigenvalue weighted by Gasteiger charge is 2.24. The van der Waals surface area contributed by atoms with Crippen LogP contribution in [0.5, 0.6) is 5.75 Å². The number of thiocarbonyl (C=S) groups is 1. The highest BCUT2D eigenvalue weighted by Crippen LogP contribution is 2.26. The van der Waals surface area contributed by atoms with Crippen molar-refractivity contribution in [3.05, 3.63) is 106 Å². The van der Waals surface area contributed by atoms with E-state index in [0.717, 1.165) is 11.6 Å². The molecule has 11 heteroatoms. The Morgan fingerprint density at radius 3 is 2.45 bits per heavy atom. The van der Waals surface area contributed by atoms with E-state index in [9.17, 15) is 19.5 Å². The number of rotatable bonds is 7. The molecule has 9 nitrogen and oxygen atoms in total. The lowest BCUT2D eigenvalue weighted by Crippen LogP contribution is -2.52. The van der Waals surface area contributed by atoms with Crippen molar-refractivity contribution >= 4 is 45.8 Å².